The zero-order chi connectivity index (χ0) is 39.8. The van der Waals surface area contributed by atoms with Gasteiger partial charge >= 0.3 is 0 Å². The van der Waals surface area contributed by atoms with E-state index in [1.165, 1.54) is 22.7 Å². The maximum absolute atomic E-state index is 14.7. The molecule has 58 heavy (non-hydrogen) atoms. The van der Waals surface area contributed by atoms with Gasteiger partial charge in [0.05, 0.1) is 11.1 Å². The van der Waals surface area contributed by atoms with E-state index in [1.807, 2.05) is 24.3 Å². The lowest BCUT2D eigenvalue weighted by molar-refractivity contribution is -0.110. The van der Waals surface area contributed by atoms with E-state index < -0.39 is 68.7 Å². The molecule has 2 saturated carbocycles. The molecule has 11 rings (SSSR count). The van der Waals surface area contributed by atoms with Crippen molar-refractivity contribution < 1.29 is 46.2 Å². The molecule has 2 fully saturated rings. The fourth-order valence-electron chi connectivity index (χ4n) is 9.96. The second-order valence-corrected chi connectivity index (χ2v) is 18.2. The second-order valence-electron chi connectivity index (χ2n) is 16.0. The minimum atomic E-state index is -1.07. The van der Waals surface area contributed by atoms with Gasteiger partial charge in [-0.3, -0.25) is 19.2 Å². The van der Waals surface area contributed by atoms with Gasteiger partial charge in [-0.2, -0.15) is 0 Å². The van der Waals surface area contributed by atoms with Crippen molar-refractivity contribution in [2.24, 2.45) is 0 Å². The Bertz CT molecular complexity index is 2640. The molecule has 0 unspecified atom stereocenters. The number of halogens is 4. The van der Waals surface area contributed by atoms with Crippen LogP contribution in [0.15, 0.2) is 48.5 Å². The van der Waals surface area contributed by atoms with Crippen LogP contribution in [0.4, 0.5) is 17.6 Å². The van der Waals surface area contributed by atoms with E-state index in [0.29, 0.717) is 33.4 Å². The number of carbonyl (C=O) groups is 4. The highest BCUT2D eigenvalue weighted by Crippen LogP contribution is 2.60. The smallest absolute Gasteiger partial charge is 0.237 e. The Morgan fingerprint density at radius 3 is 1.28 bits per heavy atom. The van der Waals surface area contributed by atoms with Crippen molar-refractivity contribution >= 4 is 69.1 Å². The van der Waals surface area contributed by atoms with E-state index >= 15 is 0 Å². The highest BCUT2D eigenvalue weighted by atomic mass is 32.1. The molecule has 0 saturated heterocycles. The molecule has 12 heteroatoms. The zero-order valence-corrected chi connectivity index (χ0v) is 32.3. The first-order valence-corrected chi connectivity index (χ1v) is 21.0. The van der Waals surface area contributed by atoms with Crippen LogP contribution in [0.25, 0.3) is 44.2 Å². The van der Waals surface area contributed by atoms with Crippen LogP contribution in [0.5, 0.6) is 11.5 Å². The Morgan fingerprint density at radius 2 is 0.879 bits per heavy atom. The highest BCUT2D eigenvalue weighted by Gasteiger charge is 2.48. The fraction of sp³-hybridized carbons (Fsp3) is 0.261. The average Bonchev–Trinajstić information content (AvgIpc) is 3.94. The van der Waals surface area contributed by atoms with Crippen molar-refractivity contribution in [3.8, 4) is 32.4 Å². The molecule has 5 aromatic rings. The third-order valence-corrected chi connectivity index (χ3v) is 14.8. The number of Topliss-reactive ketones (excluding diaryl/α,β-unsaturated/α-hetero) is 4. The molecule has 0 atom stereocenters. The molecule has 4 aliphatic carbocycles. The third-order valence-electron chi connectivity index (χ3n) is 12.6. The first-order valence-electron chi connectivity index (χ1n) is 19.4. The number of rotatable bonds is 2. The van der Waals surface area contributed by atoms with Crippen LogP contribution in [0.2, 0.25) is 0 Å². The third kappa shape index (κ3) is 5.06. The van der Waals surface area contributed by atoms with E-state index in [9.17, 15) is 36.7 Å². The molecule has 0 amide bonds. The molecule has 2 spiro atoms. The SMILES string of the molecule is O=C1C(=O)c2c(F)cc(F)cc2/C1=C/c1cc2c(s1)-c1cc3c(cc1OC21CCCCC1)-c1sc(/C=C2\C(=O)C(=O)c4c(F)cc(F)cc42)cc1C1(CCCCC1)O3. The minimum Gasteiger partial charge on any atom is -0.482 e. The summed E-state index contributed by atoms with van der Waals surface area (Å²) in [5.74, 6) is -6.37. The van der Waals surface area contributed by atoms with Crippen LogP contribution in [0.1, 0.15) is 117 Å². The van der Waals surface area contributed by atoms with Crippen LogP contribution in [-0.4, -0.2) is 23.1 Å². The molecule has 0 N–H and O–H groups in total. The second kappa shape index (κ2) is 12.5. The van der Waals surface area contributed by atoms with Gasteiger partial charge in [0.25, 0.3) is 0 Å². The number of thiophene rings is 2. The first kappa shape index (κ1) is 35.7. The van der Waals surface area contributed by atoms with E-state index in [-0.39, 0.29) is 22.3 Å². The summed E-state index contributed by atoms with van der Waals surface area (Å²) in [4.78, 5) is 55.1. The van der Waals surface area contributed by atoms with E-state index in [0.717, 1.165) is 108 Å². The van der Waals surface area contributed by atoms with Crippen LogP contribution < -0.4 is 9.47 Å². The summed E-state index contributed by atoms with van der Waals surface area (Å²) in [5, 5.41) is 0. The number of ketones is 4. The number of carbonyl (C=O) groups excluding carboxylic acids is 4. The fourth-order valence-corrected chi connectivity index (χ4v) is 12.4. The number of benzene rings is 3. The van der Waals surface area contributed by atoms with Gasteiger partial charge in [0.2, 0.25) is 23.1 Å². The van der Waals surface area contributed by atoms with E-state index in [4.69, 9.17) is 9.47 Å². The standard InChI is InChI=1S/C46H30F4O6S2/c47-21-11-25-27(39(51)41(53)37(25)33(49)13-21)15-23-17-31-43(57-23)29-20-36-30(19-35(29)55-45(31)7-3-1-4-8-45)44-32(46(56-36)9-5-2-6-10-46)18-24(58-44)16-28-26-12-22(48)14-34(50)38(26)42(54)40(28)52/h11-20H,1-10H2/b27-15-,28-16-. The van der Waals surface area contributed by atoms with Crippen LogP contribution in [0, 0.1) is 23.3 Å². The average molecular weight is 819 g/mol. The van der Waals surface area contributed by atoms with Crippen LogP contribution in [-0.2, 0) is 20.8 Å². The molecule has 6 aliphatic rings. The van der Waals surface area contributed by atoms with E-state index in [2.05, 4.69) is 0 Å². The molecule has 290 valence electrons. The van der Waals surface area contributed by atoms with Gasteiger partial charge in [0, 0.05) is 76.2 Å². The van der Waals surface area contributed by atoms with Crippen molar-refractivity contribution in [3.63, 3.8) is 0 Å². The molecule has 4 heterocycles. The topological polar surface area (TPSA) is 86.7 Å². The maximum Gasteiger partial charge on any atom is 0.237 e. The Kier molecular flexibility index (Phi) is 7.70. The summed E-state index contributed by atoms with van der Waals surface area (Å²) in [7, 11) is 0. The summed E-state index contributed by atoms with van der Waals surface area (Å²) < 4.78 is 72.3. The summed E-state index contributed by atoms with van der Waals surface area (Å²) in [6.45, 7) is 0. The molecule has 0 bridgehead atoms. The van der Waals surface area contributed by atoms with Crippen molar-refractivity contribution in [2.45, 2.75) is 75.4 Å². The number of hydrogen-bond acceptors (Lipinski definition) is 8. The van der Waals surface area contributed by atoms with Crippen molar-refractivity contribution in [1.29, 1.82) is 0 Å². The Labute approximate surface area is 336 Å². The lowest BCUT2D eigenvalue weighted by atomic mass is 9.76. The summed E-state index contributed by atoms with van der Waals surface area (Å²) in [6, 6.07) is 11.2. The largest absolute Gasteiger partial charge is 0.482 e. The maximum atomic E-state index is 14.7. The lowest BCUT2D eigenvalue weighted by Crippen LogP contribution is -2.38. The monoisotopic (exact) mass is 818 g/mol. The summed E-state index contributed by atoms with van der Waals surface area (Å²) in [6.07, 6.45) is 11.9. The van der Waals surface area contributed by atoms with Gasteiger partial charge in [-0.05, 0) is 99.9 Å². The van der Waals surface area contributed by atoms with Crippen LogP contribution >= 0.6 is 22.7 Å². The summed E-state index contributed by atoms with van der Waals surface area (Å²) in [5.41, 5.74) is 1.11. The molecular formula is C46H30F4O6S2. The molecular weight excluding hydrogens is 789 g/mol. The van der Waals surface area contributed by atoms with Crippen molar-refractivity contribution in [2.75, 3.05) is 0 Å². The first-order chi connectivity index (χ1) is 27.9. The van der Waals surface area contributed by atoms with Gasteiger partial charge in [-0.1, -0.05) is 12.8 Å². The Balaban J connectivity index is 1.06. The van der Waals surface area contributed by atoms with Gasteiger partial charge in [-0.25, -0.2) is 17.6 Å². The molecule has 3 aromatic carbocycles. The predicted molar refractivity (Wildman–Crippen MR) is 211 cm³/mol. The molecule has 0 radical (unpaired) electrons. The van der Waals surface area contributed by atoms with Gasteiger partial charge < -0.3 is 9.47 Å². The van der Waals surface area contributed by atoms with Crippen LogP contribution in [0.3, 0.4) is 0 Å². The zero-order valence-electron chi connectivity index (χ0n) is 30.6. The number of hydrogen-bond donors (Lipinski definition) is 0. The molecule has 2 aliphatic heterocycles. The number of ether oxygens (including phenoxy) is 2. The Morgan fingerprint density at radius 1 is 0.483 bits per heavy atom. The normalized spacial score (nSPS) is 20.8. The van der Waals surface area contributed by atoms with Crippen molar-refractivity contribution in [1.82, 2.24) is 0 Å². The molecule has 6 nitrogen and oxygen atoms in total. The van der Waals surface area contributed by atoms with Gasteiger partial charge in [0.15, 0.2) is 0 Å². The minimum absolute atomic E-state index is 0.0535. The van der Waals surface area contributed by atoms with Gasteiger partial charge in [0.1, 0.15) is 46.0 Å². The Hall–Kier alpha value is -5.46. The van der Waals surface area contributed by atoms with E-state index in [1.54, 1.807) is 12.2 Å². The number of allylic oxidation sites excluding steroid dienone is 2. The highest BCUT2D eigenvalue weighted by molar-refractivity contribution is 7.17. The predicted octanol–water partition coefficient (Wildman–Crippen LogP) is 11.4. The van der Waals surface area contributed by atoms with Crippen molar-refractivity contribution in [3.05, 3.63) is 115 Å². The molecule has 2 aromatic heterocycles. The lowest BCUT2D eigenvalue weighted by Gasteiger charge is -2.44. The summed E-state index contributed by atoms with van der Waals surface area (Å²) >= 11 is 2.84. The van der Waals surface area contributed by atoms with Gasteiger partial charge in [-0.15, -0.1) is 22.7 Å². The quantitative estimate of drug-likeness (QED) is 0.100. The number of fused-ring (bicyclic) bond motifs is 10.